The Morgan fingerprint density at radius 2 is 1.62 bits per heavy atom. The van der Waals surface area contributed by atoms with Crippen LogP contribution in [0.25, 0.3) is 0 Å². The number of rotatable bonds is 1. The van der Waals surface area contributed by atoms with E-state index >= 15 is 0 Å². The van der Waals surface area contributed by atoms with Crippen LogP contribution in [0.5, 0.6) is 0 Å². The van der Waals surface area contributed by atoms with E-state index in [4.69, 9.17) is 9.47 Å². The van der Waals surface area contributed by atoms with Gasteiger partial charge in [0.15, 0.2) is 6.29 Å². The predicted octanol–water partition coefficient (Wildman–Crippen LogP) is 2.10. The normalized spacial score (nSPS) is 45.5. The summed E-state index contributed by atoms with van der Waals surface area (Å²) in [6.45, 7) is 10.6. The van der Waals surface area contributed by atoms with Crippen LogP contribution in [0, 0.1) is 24.7 Å². The number of methoxy groups -OCH3 is 1. The van der Waals surface area contributed by atoms with Crippen LogP contribution in [0.2, 0.25) is 0 Å². The van der Waals surface area contributed by atoms with Crippen LogP contribution in [0.1, 0.15) is 20.8 Å². The third-order valence-electron chi connectivity index (χ3n) is 3.22. The molecule has 1 saturated heterocycles. The Hall–Kier alpha value is 0.608. The zero-order valence-corrected chi connectivity index (χ0v) is 11.8. The molecule has 1 aliphatic rings. The van der Waals surface area contributed by atoms with Gasteiger partial charge in [0.25, 0.3) is 0 Å². The molecule has 2 nitrogen and oxygen atoms in total. The van der Waals surface area contributed by atoms with Crippen molar-refractivity contribution in [2.75, 3.05) is 7.11 Å². The first-order valence-corrected chi connectivity index (χ1v) is 4.59. The van der Waals surface area contributed by atoms with E-state index in [0.717, 1.165) is 0 Å². The topological polar surface area (TPSA) is 18.5 Å². The molecule has 1 rings (SSSR count). The molecule has 0 bridgehead atoms. The van der Waals surface area contributed by atoms with Crippen LogP contribution in [-0.4, -0.2) is 19.5 Å². The maximum Gasteiger partial charge on any atom is 0.157 e. The molecule has 0 aliphatic carbocycles. The second-order valence-electron chi connectivity index (χ2n) is 3.86. The van der Waals surface area contributed by atoms with Crippen LogP contribution >= 0.6 is 0 Å². The minimum absolute atomic E-state index is 0. The van der Waals surface area contributed by atoms with Gasteiger partial charge in [0.2, 0.25) is 0 Å². The van der Waals surface area contributed by atoms with E-state index in [0.29, 0.717) is 17.8 Å². The van der Waals surface area contributed by atoms with Gasteiger partial charge in [-0.1, -0.05) is 26.9 Å². The van der Waals surface area contributed by atoms with Gasteiger partial charge in [0, 0.05) is 34.1 Å². The smallest absolute Gasteiger partial charge is 0.157 e. The molecular formula is C10H19O2W-. The molecule has 0 aromatic heterocycles. The summed E-state index contributed by atoms with van der Waals surface area (Å²) in [5.41, 5.74) is 0. The Morgan fingerprint density at radius 1 is 1.08 bits per heavy atom. The van der Waals surface area contributed by atoms with E-state index in [2.05, 4.69) is 27.7 Å². The van der Waals surface area contributed by atoms with Crippen molar-refractivity contribution in [3.05, 3.63) is 6.92 Å². The van der Waals surface area contributed by atoms with Crippen LogP contribution in [-0.2, 0) is 30.5 Å². The second-order valence-corrected chi connectivity index (χ2v) is 3.86. The SMILES string of the molecule is [CH2-]C1O[C@@H](OC)[C@H](C)C(C)[C@H]1C.[W]. The summed E-state index contributed by atoms with van der Waals surface area (Å²) in [6, 6.07) is 0. The van der Waals surface area contributed by atoms with Gasteiger partial charge in [0.1, 0.15) is 0 Å². The maximum atomic E-state index is 5.60. The van der Waals surface area contributed by atoms with Crippen LogP contribution in [0.3, 0.4) is 0 Å². The van der Waals surface area contributed by atoms with Gasteiger partial charge >= 0.3 is 0 Å². The van der Waals surface area contributed by atoms with E-state index in [1.54, 1.807) is 7.11 Å². The molecular weight excluding hydrogens is 336 g/mol. The third kappa shape index (κ3) is 2.78. The Balaban J connectivity index is 0.00000144. The fourth-order valence-electron chi connectivity index (χ4n) is 1.76. The van der Waals surface area contributed by atoms with Crippen molar-refractivity contribution >= 4 is 0 Å². The fourth-order valence-corrected chi connectivity index (χ4v) is 1.76. The summed E-state index contributed by atoms with van der Waals surface area (Å²) >= 11 is 0. The minimum Gasteiger partial charge on any atom is -0.381 e. The molecule has 0 spiro atoms. The Morgan fingerprint density at radius 3 is 2.08 bits per heavy atom. The van der Waals surface area contributed by atoms with Gasteiger partial charge in [-0.3, -0.25) is 0 Å². The second kappa shape index (κ2) is 5.48. The van der Waals surface area contributed by atoms with Gasteiger partial charge in [-0.15, -0.1) is 0 Å². The molecule has 0 aromatic rings. The Kier molecular flexibility index (Phi) is 5.74. The summed E-state index contributed by atoms with van der Waals surface area (Å²) in [5.74, 6) is 1.60. The molecule has 0 radical (unpaired) electrons. The van der Waals surface area contributed by atoms with E-state index in [-0.39, 0.29) is 33.5 Å². The number of hydrogen-bond acceptors (Lipinski definition) is 2. The molecule has 5 atom stereocenters. The van der Waals surface area contributed by atoms with E-state index in [1.807, 2.05) is 0 Å². The van der Waals surface area contributed by atoms with E-state index in [1.165, 1.54) is 0 Å². The average molecular weight is 355 g/mol. The quantitative estimate of drug-likeness (QED) is 0.671. The van der Waals surface area contributed by atoms with Gasteiger partial charge < -0.3 is 16.4 Å². The fraction of sp³-hybridized carbons (Fsp3) is 0.900. The molecule has 1 aliphatic heterocycles. The average Bonchev–Trinajstić information content (AvgIpc) is 2.08. The van der Waals surface area contributed by atoms with Gasteiger partial charge in [-0.2, -0.15) is 0 Å². The maximum absolute atomic E-state index is 5.60. The molecule has 0 saturated carbocycles. The molecule has 0 N–H and O–H groups in total. The monoisotopic (exact) mass is 355 g/mol. The van der Waals surface area contributed by atoms with Crippen molar-refractivity contribution in [2.24, 2.45) is 17.8 Å². The van der Waals surface area contributed by atoms with Crippen LogP contribution in [0.15, 0.2) is 0 Å². The molecule has 78 valence electrons. The molecule has 0 aromatic carbocycles. The third-order valence-corrected chi connectivity index (χ3v) is 3.22. The first-order valence-electron chi connectivity index (χ1n) is 4.59. The van der Waals surface area contributed by atoms with Gasteiger partial charge in [0.05, 0.1) is 0 Å². The number of hydrogen-bond donors (Lipinski definition) is 0. The molecule has 2 unspecified atom stereocenters. The van der Waals surface area contributed by atoms with Crippen molar-refractivity contribution in [1.29, 1.82) is 0 Å². The zero-order chi connectivity index (χ0) is 9.30. The predicted molar refractivity (Wildman–Crippen MR) is 48.5 cm³/mol. The molecule has 13 heavy (non-hydrogen) atoms. The molecule has 1 heterocycles. The summed E-state index contributed by atoms with van der Waals surface area (Å²) in [4.78, 5) is 0. The van der Waals surface area contributed by atoms with Crippen molar-refractivity contribution in [1.82, 2.24) is 0 Å². The molecule has 3 heteroatoms. The Bertz CT molecular complexity index is 147. The first kappa shape index (κ1) is 13.6. The Labute approximate surface area is 95.6 Å². The standard InChI is InChI=1S/C10H19O2.W/c1-6-7(2)9(4)12-10(11-5)8(6)3;/h6-10H,4H2,1-3,5H3;/q-1;/t6?,7-,8-,9?,10-;/m1./s1. The molecule has 0 amide bonds. The van der Waals surface area contributed by atoms with Crippen LogP contribution < -0.4 is 0 Å². The van der Waals surface area contributed by atoms with E-state index in [9.17, 15) is 0 Å². The summed E-state index contributed by atoms with van der Waals surface area (Å²) < 4.78 is 10.8. The van der Waals surface area contributed by atoms with Crippen molar-refractivity contribution < 1.29 is 30.5 Å². The first-order chi connectivity index (χ1) is 5.57. The van der Waals surface area contributed by atoms with Crippen molar-refractivity contribution in [3.8, 4) is 0 Å². The van der Waals surface area contributed by atoms with E-state index < -0.39 is 0 Å². The van der Waals surface area contributed by atoms with Gasteiger partial charge in [-0.05, 0) is 11.8 Å². The summed E-state index contributed by atoms with van der Waals surface area (Å²) in [7, 11) is 1.69. The van der Waals surface area contributed by atoms with Crippen molar-refractivity contribution in [3.63, 3.8) is 0 Å². The summed E-state index contributed by atoms with van der Waals surface area (Å²) in [5, 5.41) is 0. The zero-order valence-electron chi connectivity index (χ0n) is 8.82. The summed E-state index contributed by atoms with van der Waals surface area (Å²) in [6.07, 6.45) is -0.000139. The minimum atomic E-state index is -0.0706. The molecule has 1 fully saturated rings. The number of ether oxygens (including phenoxy) is 2. The van der Waals surface area contributed by atoms with Gasteiger partial charge in [-0.25, -0.2) is 0 Å². The van der Waals surface area contributed by atoms with Crippen molar-refractivity contribution in [2.45, 2.75) is 33.2 Å². The van der Waals surface area contributed by atoms with Crippen LogP contribution in [0.4, 0.5) is 0 Å². The largest absolute Gasteiger partial charge is 0.381 e.